The maximum absolute atomic E-state index is 12.4. The van der Waals surface area contributed by atoms with Gasteiger partial charge in [-0.15, -0.1) is 0 Å². The minimum absolute atomic E-state index is 0.0981. The van der Waals surface area contributed by atoms with Crippen LogP contribution in [0.1, 0.15) is 232 Å². The molecule has 0 saturated heterocycles. The van der Waals surface area contributed by atoms with Gasteiger partial charge in [0.15, 0.2) is 0 Å². The Bertz CT molecular complexity index is 1130. The summed E-state index contributed by atoms with van der Waals surface area (Å²) in [6.07, 6.45) is 75.4. The third-order valence-electron chi connectivity index (χ3n) is 11.1. The van der Waals surface area contributed by atoms with E-state index < -0.39 is 12.1 Å². The van der Waals surface area contributed by atoms with E-state index in [-0.39, 0.29) is 12.5 Å². The van der Waals surface area contributed by atoms with Gasteiger partial charge in [-0.1, -0.05) is 246 Å². The first-order valence-corrected chi connectivity index (χ1v) is 25.5. The van der Waals surface area contributed by atoms with E-state index in [9.17, 15) is 15.0 Å². The Morgan fingerprint density at radius 3 is 1.10 bits per heavy atom. The number of amides is 1. The molecule has 0 radical (unpaired) electrons. The van der Waals surface area contributed by atoms with Crippen molar-refractivity contribution in [1.29, 1.82) is 0 Å². The van der Waals surface area contributed by atoms with E-state index in [0.29, 0.717) is 6.42 Å². The lowest BCUT2D eigenvalue weighted by atomic mass is 10.0. The van der Waals surface area contributed by atoms with E-state index in [4.69, 9.17) is 0 Å². The molecule has 344 valence electrons. The lowest BCUT2D eigenvalue weighted by molar-refractivity contribution is -0.123. The van der Waals surface area contributed by atoms with Crippen molar-refractivity contribution in [3.63, 3.8) is 0 Å². The molecule has 0 aromatic rings. The molecule has 0 spiro atoms. The topological polar surface area (TPSA) is 69.6 Å². The highest BCUT2D eigenvalue weighted by atomic mass is 16.3. The van der Waals surface area contributed by atoms with Gasteiger partial charge in [-0.25, -0.2) is 0 Å². The fraction of sp³-hybridized carbons (Fsp3) is 0.696. The number of allylic oxidation sites excluding steroid dienone is 15. The van der Waals surface area contributed by atoms with E-state index in [1.165, 1.54) is 128 Å². The number of rotatable bonds is 45. The van der Waals surface area contributed by atoms with Gasteiger partial charge in [-0.05, 0) is 77.0 Å². The number of carbonyl (C=O) groups is 1. The SMILES string of the molecule is CC/C=C\C/C=C\C/C=C\C/C=C\C/C=C\C/C=C\C/C=C\CCCCCC(=O)NC(CO)C(O)/C=C/CCCCCCCCCCCCCCCCCCCCCCC. The normalized spacial score (nSPS) is 13.7. The standard InChI is InChI=1S/C56H97NO3/c1-3-5-7-9-11-13-15-17-19-21-23-25-27-28-30-32-34-36-38-40-42-44-46-48-50-52-56(60)57-54(53-58)55(59)51-49-47-45-43-41-39-37-35-33-31-29-26-24-22-20-18-16-14-12-10-8-6-4-2/h5,7,11,13,17,19,23,25,28,30,34,36,40,42,49,51,54-55,58-59H,3-4,6,8-10,12,14-16,18,20-22,24,26-27,29,31-33,35,37-39,41,43-48,50,52-53H2,1-2H3,(H,57,60)/b7-5-,13-11-,19-17-,25-23-,30-28-,36-34-,42-40-,51-49+. The van der Waals surface area contributed by atoms with Crippen molar-refractivity contribution in [3.8, 4) is 0 Å². The average molecular weight is 832 g/mol. The zero-order chi connectivity index (χ0) is 43.5. The summed E-state index contributed by atoms with van der Waals surface area (Å²) in [6, 6.07) is -0.648. The van der Waals surface area contributed by atoms with Crippen LogP contribution in [0.15, 0.2) is 97.2 Å². The number of aliphatic hydroxyl groups excluding tert-OH is 2. The zero-order valence-corrected chi connectivity index (χ0v) is 39.4. The summed E-state index contributed by atoms with van der Waals surface area (Å²) < 4.78 is 0. The minimum Gasteiger partial charge on any atom is -0.394 e. The molecule has 0 aliphatic heterocycles. The quantitative estimate of drug-likeness (QED) is 0.0423. The van der Waals surface area contributed by atoms with Gasteiger partial charge in [0.1, 0.15) is 0 Å². The molecule has 2 atom stereocenters. The van der Waals surface area contributed by atoms with Gasteiger partial charge >= 0.3 is 0 Å². The second kappa shape index (κ2) is 50.7. The van der Waals surface area contributed by atoms with E-state index >= 15 is 0 Å². The van der Waals surface area contributed by atoms with Crippen molar-refractivity contribution in [1.82, 2.24) is 5.32 Å². The molecule has 60 heavy (non-hydrogen) atoms. The largest absolute Gasteiger partial charge is 0.394 e. The average Bonchev–Trinajstić information content (AvgIpc) is 3.25. The Morgan fingerprint density at radius 1 is 0.417 bits per heavy atom. The molecule has 0 bridgehead atoms. The van der Waals surface area contributed by atoms with E-state index in [2.05, 4.69) is 104 Å². The molecular formula is C56H97NO3. The zero-order valence-electron chi connectivity index (χ0n) is 39.4. The lowest BCUT2D eigenvalue weighted by Crippen LogP contribution is -2.45. The van der Waals surface area contributed by atoms with Crippen LogP contribution in [0.5, 0.6) is 0 Å². The number of nitrogens with one attached hydrogen (secondary N) is 1. The van der Waals surface area contributed by atoms with Gasteiger partial charge in [0, 0.05) is 6.42 Å². The van der Waals surface area contributed by atoms with Gasteiger partial charge in [-0.3, -0.25) is 4.79 Å². The molecule has 0 fully saturated rings. The summed E-state index contributed by atoms with van der Waals surface area (Å²) >= 11 is 0. The van der Waals surface area contributed by atoms with Gasteiger partial charge in [-0.2, -0.15) is 0 Å². The highest BCUT2D eigenvalue weighted by molar-refractivity contribution is 5.76. The second-order valence-corrected chi connectivity index (χ2v) is 16.9. The summed E-state index contributed by atoms with van der Waals surface area (Å²) in [7, 11) is 0. The number of aliphatic hydroxyl groups is 2. The van der Waals surface area contributed by atoms with Crippen molar-refractivity contribution in [2.24, 2.45) is 0 Å². The molecule has 2 unspecified atom stereocenters. The molecule has 0 aromatic heterocycles. The molecular weight excluding hydrogens is 735 g/mol. The highest BCUT2D eigenvalue weighted by Gasteiger charge is 2.17. The fourth-order valence-corrected chi connectivity index (χ4v) is 7.22. The Morgan fingerprint density at radius 2 is 0.733 bits per heavy atom. The van der Waals surface area contributed by atoms with Crippen molar-refractivity contribution >= 4 is 5.91 Å². The molecule has 3 N–H and O–H groups in total. The van der Waals surface area contributed by atoms with Crippen LogP contribution < -0.4 is 5.32 Å². The van der Waals surface area contributed by atoms with Crippen molar-refractivity contribution in [2.45, 2.75) is 244 Å². The third-order valence-corrected chi connectivity index (χ3v) is 11.1. The van der Waals surface area contributed by atoms with Gasteiger partial charge in [0.25, 0.3) is 0 Å². The van der Waals surface area contributed by atoms with E-state index in [1.807, 2.05) is 6.08 Å². The van der Waals surface area contributed by atoms with Crippen LogP contribution in [0.2, 0.25) is 0 Å². The maximum Gasteiger partial charge on any atom is 0.220 e. The first-order chi connectivity index (χ1) is 29.7. The van der Waals surface area contributed by atoms with Crippen LogP contribution in [-0.4, -0.2) is 34.9 Å². The first-order valence-electron chi connectivity index (χ1n) is 25.5. The summed E-state index contributed by atoms with van der Waals surface area (Å²) in [5, 5.41) is 23.1. The second-order valence-electron chi connectivity index (χ2n) is 16.9. The number of carbonyl (C=O) groups excluding carboxylic acids is 1. The summed E-state index contributed by atoms with van der Waals surface area (Å²) in [5.74, 6) is -0.0981. The van der Waals surface area contributed by atoms with E-state index in [0.717, 1.165) is 83.5 Å². The van der Waals surface area contributed by atoms with Crippen molar-refractivity contribution in [3.05, 3.63) is 97.2 Å². The van der Waals surface area contributed by atoms with Gasteiger partial charge < -0.3 is 15.5 Å². The van der Waals surface area contributed by atoms with Crippen LogP contribution in [0.3, 0.4) is 0 Å². The third kappa shape index (κ3) is 46.4. The van der Waals surface area contributed by atoms with Gasteiger partial charge in [0.05, 0.1) is 18.8 Å². The fourth-order valence-electron chi connectivity index (χ4n) is 7.22. The monoisotopic (exact) mass is 832 g/mol. The van der Waals surface area contributed by atoms with Crippen LogP contribution in [0.25, 0.3) is 0 Å². The van der Waals surface area contributed by atoms with Crippen LogP contribution >= 0.6 is 0 Å². The van der Waals surface area contributed by atoms with E-state index in [1.54, 1.807) is 6.08 Å². The summed E-state index contributed by atoms with van der Waals surface area (Å²) in [6.45, 7) is 4.19. The Kier molecular flexibility index (Phi) is 48.4. The minimum atomic E-state index is -0.861. The predicted molar refractivity (Wildman–Crippen MR) is 266 cm³/mol. The smallest absolute Gasteiger partial charge is 0.220 e. The van der Waals surface area contributed by atoms with Crippen LogP contribution in [0.4, 0.5) is 0 Å². The van der Waals surface area contributed by atoms with Gasteiger partial charge in [0.2, 0.25) is 5.91 Å². The number of unbranched alkanes of at least 4 members (excludes halogenated alkanes) is 24. The Balaban J connectivity index is 3.66. The molecule has 0 aliphatic rings. The number of hydrogen-bond donors (Lipinski definition) is 3. The molecule has 0 aliphatic carbocycles. The van der Waals surface area contributed by atoms with Crippen molar-refractivity contribution < 1.29 is 15.0 Å². The van der Waals surface area contributed by atoms with Crippen molar-refractivity contribution in [2.75, 3.05) is 6.61 Å². The molecule has 1 amide bonds. The molecule has 0 rings (SSSR count). The number of hydrogen-bond acceptors (Lipinski definition) is 3. The Labute approximate surface area is 373 Å². The first kappa shape index (κ1) is 57.3. The predicted octanol–water partition coefficient (Wildman–Crippen LogP) is 16.6. The molecule has 0 aromatic carbocycles. The maximum atomic E-state index is 12.4. The molecule has 4 nitrogen and oxygen atoms in total. The Hall–Kier alpha value is -2.69. The van der Waals surface area contributed by atoms with Crippen LogP contribution in [0, 0.1) is 0 Å². The highest BCUT2D eigenvalue weighted by Crippen LogP contribution is 2.16. The molecule has 0 saturated carbocycles. The molecule has 4 heteroatoms. The van der Waals surface area contributed by atoms with Crippen LogP contribution in [-0.2, 0) is 4.79 Å². The summed E-state index contributed by atoms with van der Waals surface area (Å²) in [5.41, 5.74) is 0. The lowest BCUT2D eigenvalue weighted by Gasteiger charge is -2.19. The molecule has 0 heterocycles. The summed E-state index contributed by atoms with van der Waals surface area (Å²) in [4.78, 5) is 12.4.